The molecule has 0 aliphatic carbocycles. The minimum absolute atomic E-state index is 0. The van der Waals surface area contributed by atoms with Crippen LogP contribution >= 0.6 is 12.4 Å². The highest BCUT2D eigenvalue weighted by atomic mass is 35.5. The maximum atomic E-state index is 4.91. The van der Waals surface area contributed by atoms with Crippen molar-refractivity contribution in [2.45, 2.75) is 38.5 Å². The summed E-state index contributed by atoms with van der Waals surface area (Å²) in [6, 6.07) is 21.5. The Morgan fingerprint density at radius 3 is 2.16 bits per heavy atom. The Morgan fingerprint density at radius 1 is 0.800 bits per heavy atom. The van der Waals surface area contributed by atoms with Gasteiger partial charge in [-0.2, -0.15) is 0 Å². The second kappa shape index (κ2) is 11.7. The fourth-order valence-electron chi connectivity index (χ4n) is 3.16. The number of para-hydroxylation sites is 1. The monoisotopic (exact) mass is 360 g/mol. The highest BCUT2D eigenvalue weighted by Gasteiger charge is 2.14. The minimum Gasteiger partial charge on any atom is -0.412 e. The molecule has 136 valence electrons. The molecule has 0 saturated carbocycles. The van der Waals surface area contributed by atoms with Gasteiger partial charge in [0.15, 0.2) is 0 Å². The molecule has 4 heteroatoms. The van der Waals surface area contributed by atoms with E-state index >= 15 is 0 Å². The fourth-order valence-corrected chi connectivity index (χ4v) is 3.16. The van der Waals surface area contributed by atoms with Gasteiger partial charge in [0.05, 0.1) is 0 Å². The highest BCUT2D eigenvalue weighted by Crippen LogP contribution is 2.19. The zero-order valence-corrected chi connectivity index (χ0v) is 15.5. The first kappa shape index (κ1) is 21.2. The molecule has 25 heavy (non-hydrogen) atoms. The van der Waals surface area contributed by atoms with Crippen LogP contribution in [0.5, 0.6) is 0 Å². The molecule has 0 unspecified atom stereocenters. The third-order valence-corrected chi connectivity index (χ3v) is 4.45. The molecule has 1 aliphatic heterocycles. The molecule has 0 saturated heterocycles. The molecule has 3 nitrogen and oxygen atoms in total. The van der Waals surface area contributed by atoms with Gasteiger partial charge in [-0.25, -0.2) is 0 Å². The smallest absolute Gasteiger partial charge is 0.103 e. The summed E-state index contributed by atoms with van der Waals surface area (Å²) in [5, 5.41) is 0. The van der Waals surface area contributed by atoms with Crippen molar-refractivity contribution in [2.75, 3.05) is 18.0 Å². The second-order valence-electron chi connectivity index (χ2n) is 6.18. The molecule has 3 rings (SSSR count). The number of aliphatic imine (C=N–C) groups is 1. The Balaban J connectivity index is 0.00000156. The molecule has 2 aromatic carbocycles. The van der Waals surface area contributed by atoms with E-state index in [-0.39, 0.29) is 17.9 Å². The summed E-state index contributed by atoms with van der Waals surface area (Å²) < 4.78 is 0. The molecule has 2 N–H and O–H groups in total. The van der Waals surface area contributed by atoms with Crippen molar-refractivity contribution in [1.82, 2.24) is 0 Å². The number of benzene rings is 2. The molecule has 1 heterocycles. The van der Waals surface area contributed by atoms with E-state index in [1.165, 1.54) is 42.8 Å². The van der Waals surface area contributed by atoms with E-state index in [9.17, 15) is 0 Å². The molecule has 0 bridgehead atoms. The average molecular weight is 361 g/mol. The zero-order chi connectivity index (χ0) is 15.7. The number of hydrogen-bond donors (Lipinski definition) is 0. The topological polar surface area (TPSA) is 47.1 Å². The van der Waals surface area contributed by atoms with Crippen molar-refractivity contribution >= 4 is 23.9 Å². The molecule has 0 amide bonds. The van der Waals surface area contributed by atoms with E-state index in [4.69, 9.17) is 4.99 Å². The van der Waals surface area contributed by atoms with Crippen LogP contribution in [0.15, 0.2) is 65.7 Å². The third kappa shape index (κ3) is 6.52. The number of nitrogens with zero attached hydrogens (tertiary/aromatic N) is 2. The van der Waals surface area contributed by atoms with E-state index in [2.05, 4.69) is 65.6 Å². The van der Waals surface area contributed by atoms with Gasteiger partial charge in [0.1, 0.15) is 5.84 Å². The number of rotatable bonds is 4. The first-order chi connectivity index (χ1) is 11.4. The van der Waals surface area contributed by atoms with E-state index in [0.717, 1.165) is 25.9 Å². The normalized spacial score (nSPS) is 14.2. The summed E-state index contributed by atoms with van der Waals surface area (Å²) in [6.45, 7) is 1.97. The van der Waals surface area contributed by atoms with Crippen LogP contribution in [0.3, 0.4) is 0 Å². The van der Waals surface area contributed by atoms with Gasteiger partial charge in [-0.1, -0.05) is 61.4 Å². The van der Waals surface area contributed by atoms with E-state index < -0.39 is 0 Å². The lowest BCUT2D eigenvalue weighted by Gasteiger charge is -2.27. The Kier molecular flexibility index (Phi) is 9.90. The van der Waals surface area contributed by atoms with Gasteiger partial charge in [0.2, 0.25) is 0 Å². The van der Waals surface area contributed by atoms with Crippen molar-refractivity contribution < 1.29 is 5.48 Å². The van der Waals surface area contributed by atoms with Gasteiger partial charge >= 0.3 is 0 Å². The summed E-state index contributed by atoms with van der Waals surface area (Å²) >= 11 is 0. The quantitative estimate of drug-likeness (QED) is 0.779. The van der Waals surface area contributed by atoms with Gasteiger partial charge in [0.25, 0.3) is 0 Å². The average Bonchev–Trinajstić information content (AvgIpc) is 2.58. The van der Waals surface area contributed by atoms with Crippen LogP contribution in [0.4, 0.5) is 5.69 Å². The van der Waals surface area contributed by atoms with Crippen molar-refractivity contribution in [3.05, 3.63) is 66.2 Å². The lowest BCUT2D eigenvalue weighted by Crippen LogP contribution is -2.33. The number of amidine groups is 1. The minimum atomic E-state index is 0. The first-order valence-corrected chi connectivity index (χ1v) is 8.83. The Bertz CT molecular complexity index is 616. The largest absolute Gasteiger partial charge is 0.412 e. The summed E-state index contributed by atoms with van der Waals surface area (Å²) in [4.78, 5) is 7.34. The molecular formula is C21H29ClN2O. The fraction of sp³-hybridized carbons (Fsp3) is 0.381. The molecule has 0 fully saturated rings. The lowest BCUT2D eigenvalue weighted by atomic mass is 10.1. The molecular weight excluding hydrogens is 332 g/mol. The summed E-state index contributed by atoms with van der Waals surface area (Å²) in [7, 11) is 0. The van der Waals surface area contributed by atoms with Crippen molar-refractivity contribution in [2.24, 2.45) is 4.99 Å². The predicted octanol–water partition coefficient (Wildman–Crippen LogP) is 4.70. The van der Waals surface area contributed by atoms with Crippen LogP contribution in [0, 0.1) is 0 Å². The molecule has 0 radical (unpaired) electrons. The SMILES string of the molecule is Cl.O.c1ccc(CCN(C2=NCCCCCC2)c2ccccc2)cc1. The predicted molar refractivity (Wildman–Crippen MR) is 110 cm³/mol. The maximum absolute atomic E-state index is 4.91. The van der Waals surface area contributed by atoms with Crippen LogP contribution in [-0.4, -0.2) is 24.4 Å². The van der Waals surface area contributed by atoms with Crippen LogP contribution in [0.1, 0.15) is 37.7 Å². The Hall–Kier alpha value is -1.84. The van der Waals surface area contributed by atoms with E-state index in [0.29, 0.717) is 0 Å². The van der Waals surface area contributed by atoms with Crippen molar-refractivity contribution in [3.8, 4) is 0 Å². The van der Waals surface area contributed by atoms with E-state index in [1.807, 2.05) is 0 Å². The third-order valence-electron chi connectivity index (χ3n) is 4.45. The van der Waals surface area contributed by atoms with Gasteiger partial charge in [-0.3, -0.25) is 4.99 Å². The van der Waals surface area contributed by atoms with Crippen LogP contribution in [-0.2, 0) is 6.42 Å². The lowest BCUT2D eigenvalue weighted by molar-refractivity contribution is 0.638. The summed E-state index contributed by atoms with van der Waals surface area (Å²) in [6.07, 6.45) is 7.29. The van der Waals surface area contributed by atoms with Crippen molar-refractivity contribution in [1.29, 1.82) is 0 Å². The van der Waals surface area contributed by atoms with Gasteiger partial charge in [-0.15, -0.1) is 12.4 Å². The second-order valence-corrected chi connectivity index (χ2v) is 6.18. The molecule has 1 aliphatic rings. The van der Waals surface area contributed by atoms with Crippen LogP contribution in [0.2, 0.25) is 0 Å². The van der Waals surface area contributed by atoms with Gasteiger partial charge in [0, 0.05) is 25.2 Å². The van der Waals surface area contributed by atoms with E-state index in [1.54, 1.807) is 0 Å². The summed E-state index contributed by atoms with van der Waals surface area (Å²) in [5.74, 6) is 1.27. The first-order valence-electron chi connectivity index (χ1n) is 8.83. The highest BCUT2D eigenvalue weighted by molar-refractivity contribution is 5.97. The molecule has 2 aromatic rings. The molecule has 0 atom stereocenters. The van der Waals surface area contributed by atoms with Gasteiger partial charge in [-0.05, 0) is 37.0 Å². The van der Waals surface area contributed by atoms with Crippen molar-refractivity contribution in [3.63, 3.8) is 0 Å². The zero-order valence-electron chi connectivity index (χ0n) is 14.7. The Morgan fingerprint density at radius 2 is 1.44 bits per heavy atom. The van der Waals surface area contributed by atoms with Crippen LogP contribution in [0.25, 0.3) is 0 Å². The summed E-state index contributed by atoms with van der Waals surface area (Å²) in [5.41, 5.74) is 2.66. The maximum Gasteiger partial charge on any atom is 0.103 e. The van der Waals surface area contributed by atoms with Gasteiger partial charge < -0.3 is 10.4 Å². The standard InChI is InChI=1S/C21H26N2.ClH.H2O/c1-2-10-17-22-21(15-9-1)23(20-13-7-4-8-14-20)18-16-19-11-5-3-6-12-19;;/h3-8,11-14H,1-2,9-10,15-18H2;1H;1H2. The number of hydrogen-bond acceptors (Lipinski definition) is 2. The molecule has 0 aromatic heterocycles. The number of halogens is 1. The number of anilines is 1. The van der Waals surface area contributed by atoms with Crippen LogP contribution < -0.4 is 4.90 Å². The Labute approximate surface area is 157 Å². The molecule has 0 spiro atoms.